The molecule has 4 aromatic rings. The van der Waals surface area contributed by atoms with Crippen LogP contribution >= 0.6 is 12.6 Å². The zero-order valence-corrected chi connectivity index (χ0v) is 21.1. The molecule has 3 heteroatoms. The van der Waals surface area contributed by atoms with Gasteiger partial charge in [-0.2, -0.15) is 0 Å². The van der Waals surface area contributed by atoms with Crippen LogP contribution in [0.15, 0.2) is 77.7 Å². The maximum atomic E-state index is 6.54. The van der Waals surface area contributed by atoms with Crippen LogP contribution in [0.4, 0.5) is 0 Å². The Kier molecular flexibility index (Phi) is 4.50. The Hall–Kier alpha value is -3.17. The van der Waals surface area contributed by atoms with Crippen LogP contribution in [0.3, 0.4) is 0 Å². The summed E-state index contributed by atoms with van der Waals surface area (Å²) in [7, 11) is 0. The Morgan fingerprint density at radius 1 is 0.500 bits per heavy atom. The first kappa shape index (κ1) is 21.4. The van der Waals surface area contributed by atoms with E-state index in [1.165, 1.54) is 33.4 Å². The molecule has 34 heavy (non-hydrogen) atoms. The van der Waals surface area contributed by atoms with E-state index in [4.69, 9.17) is 9.47 Å². The zero-order valence-electron chi connectivity index (χ0n) is 20.2. The van der Waals surface area contributed by atoms with Crippen LogP contribution in [0, 0.1) is 20.8 Å². The molecule has 170 valence electrons. The number of rotatable bonds is 1. The van der Waals surface area contributed by atoms with E-state index in [2.05, 4.69) is 114 Å². The van der Waals surface area contributed by atoms with Gasteiger partial charge in [0.05, 0.1) is 0 Å². The average Bonchev–Trinajstić information content (AvgIpc) is 2.78. The molecule has 0 N–H and O–H groups in total. The molecule has 2 heterocycles. The van der Waals surface area contributed by atoms with Gasteiger partial charge < -0.3 is 9.47 Å². The van der Waals surface area contributed by atoms with E-state index in [0.29, 0.717) is 0 Å². The summed E-state index contributed by atoms with van der Waals surface area (Å²) in [5, 5.41) is 0. The number of hydrogen-bond acceptors (Lipinski definition) is 3. The fourth-order valence-electron chi connectivity index (χ4n) is 5.99. The van der Waals surface area contributed by atoms with Crippen LogP contribution < -0.4 is 9.47 Å². The molecule has 0 saturated heterocycles. The van der Waals surface area contributed by atoms with Gasteiger partial charge in [0.25, 0.3) is 0 Å². The predicted octanol–water partition coefficient (Wildman–Crippen LogP) is 8.42. The van der Waals surface area contributed by atoms with Crippen LogP contribution in [0.5, 0.6) is 23.0 Å². The SMILES string of the molecule is Cc1ccc2c(c1)Oc1cc(C)ccc1C2(C)C1(C)c2ccc(C)cc2Oc2cc(S)ccc21. The molecule has 2 aliphatic heterocycles. The van der Waals surface area contributed by atoms with Crippen molar-refractivity contribution in [3.05, 3.63) is 112 Å². The van der Waals surface area contributed by atoms with E-state index in [1.54, 1.807) is 0 Å². The van der Waals surface area contributed by atoms with Gasteiger partial charge in [0.1, 0.15) is 23.0 Å². The van der Waals surface area contributed by atoms with Crippen molar-refractivity contribution < 1.29 is 9.47 Å². The standard InChI is InChI=1S/C31H28O2S/c1-18-6-10-22-26(14-18)32-27-15-19(2)7-11-23(27)30(22,4)31(5)24-12-8-20(3)16-28(24)33-29-17-21(34)9-13-25(29)31/h6-17,34H,1-5H3. The molecule has 0 amide bonds. The summed E-state index contributed by atoms with van der Waals surface area (Å²) in [5.74, 6) is 3.62. The molecule has 6 rings (SSSR count). The lowest BCUT2D eigenvalue weighted by Gasteiger charge is -2.53. The quantitative estimate of drug-likeness (QED) is 0.285. The van der Waals surface area contributed by atoms with Gasteiger partial charge in [-0.1, -0.05) is 42.5 Å². The second kappa shape index (κ2) is 7.16. The topological polar surface area (TPSA) is 18.5 Å². The molecule has 4 aromatic carbocycles. The first-order valence-electron chi connectivity index (χ1n) is 11.7. The summed E-state index contributed by atoms with van der Waals surface area (Å²) in [5.41, 5.74) is 7.41. The maximum absolute atomic E-state index is 6.54. The summed E-state index contributed by atoms with van der Waals surface area (Å²) < 4.78 is 13.0. The second-order valence-corrected chi connectivity index (χ2v) is 10.6. The van der Waals surface area contributed by atoms with Gasteiger partial charge >= 0.3 is 0 Å². The highest BCUT2D eigenvalue weighted by Crippen LogP contribution is 2.63. The minimum Gasteiger partial charge on any atom is -0.457 e. The Morgan fingerprint density at radius 3 is 1.21 bits per heavy atom. The molecule has 0 radical (unpaired) electrons. The molecule has 0 spiro atoms. The molecule has 0 aliphatic carbocycles. The number of aryl methyl sites for hydroxylation is 3. The fourth-order valence-corrected chi connectivity index (χ4v) is 6.19. The fraction of sp³-hybridized carbons (Fsp3) is 0.226. The molecule has 0 bridgehead atoms. The van der Waals surface area contributed by atoms with Crippen molar-refractivity contribution in [2.45, 2.75) is 50.3 Å². The van der Waals surface area contributed by atoms with Gasteiger partial charge in [-0.15, -0.1) is 12.6 Å². The summed E-state index contributed by atoms with van der Waals surface area (Å²) in [4.78, 5) is 0.890. The Morgan fingerprint density at radius 2 is 0.824 bits per heavy atom. The summed E-state index contributed by atoms with van der Waals surface area (Å²) in [6, 6.07) is 26.1. The van der Waals surface area contributed by atoms with Gasteiger partial charge in [0.2, 0.25) is 0 Å². The van der Waals surface area contributed by atoms with Crippen molar-refractivity contribution in [2.24, 2.45) is 0 Å². The largest absolute Gasteiger partial charge is 0.457 e. The minimum absolute atomic E-state index is 0.419. The number of benzene rings is 4. The van der Waals surface area contributed by atoms with Crippen LogP contribution in [-0.2, 0) is 10.8 Å². The van der Waals surface area contributed by atoms with Gasteiger partial charge in [0.15, 0.2) is 0 Å². The lowest BCUT2D eigenvalue weighted by Crippen LogP contribution is -2.49. The third kappa shape index (κ3) is 2.77. The highest BCUT2D eigenvalue weighted by molar-refractivity contribution is 7.80. The molecule has 2 aliphatic rings. The van der Waals surface area contributed by atoms with E-state index in [-0.39, 0.29) is 0 Å². The number of ether oxygens (including phenoxy) is 2. The lowest BCUT2D eigenvalue weighted by molar-refractivity contribution is 0.285. The monoisotopic (exact) mass is 464 g/mol. The first-order valence-corrected chi connectivity index (χ1v) is 12.2. The van der Waals surface area contributed by atoms with Gasteiger partial charge in [0, 0.05) is 38.0 Å². The van der Waals surface area contributed by atoms with Crippen molar-refractivity contribution in [1.29, 1.82) is 0 Å². The number of thiol groups is 1. The molecule has 0 saturated carbocycles. The third-order valence-corrected chi connectivity index (χ3v) is 8.25. The van der Waals surface area contributed by atoms with E-state index in [1.807, 2.05) is 6.07 Å². The molecule has 0 fully saturated rings. The summed E-state index contributed by atoms with van der Waals surface area (Å²) in [6.07, 6.45) is 0. The Bertz CT molecular complexity index is 1270. The van der Waals surface area contributed by atoms with Gasteiger partial charge in [-0.3, -0.25) is 0 Å². The average molecular weight is 465 g/mol. The van der Waals surface area contributed by atoms with Gasteiger partial charge in [-0.25, -0.2) is 0 Å². The van der Waals surface area contributed by atoms with Crippen LogP contribution in [0.2, 0.25) is 0 Å². The van der Waals surface area contributed by atoms with Crippen molar-refractivity contribution >= 4 is 12.6 Å². The van der Waals surface area contributed by atoms with Crippen LogP contribution in [0.1, 0.15) is 52.8 Å². The second-order valence-electron chi connectivity index (χ2n) is 10.1. The lowest BCUT2D eigenvalue weighted by atomic mass is 9.52. The van der Waals surface area contributed by atoms with Gasteiger partial charge in [-0.05, 0) is 81.6 Å². The van der Waals surface area contributed by atoms with E-state index in [0.717, 1.165) is 33.5 Å². The highest BCUT2D eigenvalue weighted by Gasteiger charge is 2.56. The molecule has 1 atom stereocenters. The minimum atomic E-state index is -0.428. The normalized spacial score (nSPS) is 19.1. The van der Waals surface area contributed by atoms with E-state index >= 15 is 0 Å². The van der Waals surface area contributed by atoms with E-state index in [9.17, 15) is 0 Å². The smallest absolute Gasteiger partial charge is 0.132 e. The summed E-state index contributed by atoms with van der Waals surface area (Å²) >= 11 is 4.63. The van der Waals surface area contributed by atoms with Crippen molar-refractivity contribution in [2.75, 3.05) is 0 Å². The molecular weight excluding hydrogens is 436 g/mol. The summed E-state index contributed by atoms with van der Waals surface area (Å²) in [6.45, 7) is 11.1. The number of hydrogen-bond donors (Lipinski definition) is 1. The first-order chi connectivity index (χ1) is 16.2. The highest BCUT2D eigenvalue weighted by atomic mass is 32.1. The Balaban J connectivity index is 1.76. The molecular formula is C31H28O2S. The Labute approximate surface area is 207 Å². The van der Waals surface area contributed by atoms with Crippen LogP contribution in [-0.4, -0.2) is 0 Å². The van der Waals surface area contributed by atoms with Crippen molar-refractivity contribution in [3.8, 4) is 23.0 Å². The third-order valence-electron chi connectivity index (χ3n) is 7.97. The molecule has 0 aromatic heterocycles. The molecule has 2 nitrogen and oxygen atoms in total. The van der Waals surface area contributed by atoms with E-state index < -0.39 is 10.8 Å². The molecule has 1 unspecified atom stereocenters. The zero-order chi connectivity index (χ0) is 23.8. The number of fused-ring (bicyclic) bond motifs is 4. The van der Waals surface area contributed by atoms with Crippen molar-refractivity contribution in [3.63, 3.8) is 0 Å². The maximum Gasteiger partial charge on any atom is 0.132 e. The predicted molar refractivity (Wildman–Crippen MR) is 140 cm³/mol. The van der Waals surface area contributed by atoms with Crippen molar-refractivity contribution in [1.82, 2.24) is 0 Å². The van der Waals surface area contributed by atoms with Crippen LogP contribution in [0.25, 0.3) is 0 Å².